The van der Waals surface area contributed by atoms with Gasteiger partial charge < -0.3 is 9.64 Å². The fourth-order valence-electron chi connectivity index (χ4n) is 3.33. The number of rotatable bonds is 6. The van der Waals surface area contributed by atoms with Gasteiger partial charge in [-0.1, -0.05) is 35.9 Å². The van der Waals surface area contributed by atoms with E-state index in [0.717, 1.165) is 61.6 Å². The summed E-state index contributed by atoms with van der Waals surface area (Å²) in [6.07, 6.45) is 0.718. The summed E-state index contributed by atoms with van der Waals surface area (Å²) in [6.45, 7) is 8.21. The van der Waals surface area contributed by atoms with E-state index >= 15 is 0 Å². The average molecular weight is 349 g/mol. The van der Waals surface area contributed by atoms with Crippen molar-refractivity contribution in [2.75, 3.05) is 46.4 Å². The molecule has 4 nitrogen and oxygen atoms in total. The standard InChI is InChI=1S/C22H27N3O/c1-18-7-8-22(26-14-13-25-11-9-24(2)10-12-25)21(15-18)16-19-5-3-4-6-20(19)17-23/h3-8,15H,9-14,16H2,1-2H3. The third-order valence-electron chi connectivity index (χ3n) is 5.00. The first-order valence-electron chi connectivity index (χ1n) is 9.27. The van der Waals surface area contributed by atoms with Crippen molar-refractivity contribution < 1.29 is 4.74 Å². The monoisotopic (exact) mass is 349 g/mol. The first-order chi connectivity index (χ1) is 12.7. The maximum Gasteiger partial charge on any atom is 0.122 e. The maximum atomic E-state index is 9.33. The molecular formula is C22H27N3O. The fourth-order valence-corrected chi connectivity index (χ4v) is 3.33. The summed E-state index contributed by atoms with van der Waals surface area (Å²) in [4.78, 5) is 4.82. The average Bonchev–Trinajstić information content (AvgIpc) is 2.65. The number of aryl methyl sites for hydroxylation is 1. The van der Waals surface area contributed by atoms with Gasteiger partial charge in [-0.15, -0.1) is 0 Å². The molecule has 1 aliphatic rings. The summed E-state index contributed by atoms with van der Waals surface area (Å²) >= 11 is 0. The van der Waals surface area contributed by atoms with Crippen LogP contribution in [0.25, 0.3) is 0 Å². The van der Waals surface area contributed by atoms with Crippen molar-refractivity contribution in [3.05, 3.63) is 64.7 Å². The normalized spacial score (nSPS) is 15.6. The molecule has 26 heavy (non-hydrogen) atoms. The van der Waals surface area contributed by atoms with Gasteiger partial charge in [-0.25, -0.2) is 0 Å². The smallest absolute Gasteiger partial charge is 0.122 e. The lowest BCUT2D eigenvalue weighted by molar-refractivity contribution is 0.133. The third-order valence-corrected chi connectivity index (χ3v) is 5.00. The predicted molar refractivity (Wildman–Crippen MR) is 105 cm³/mol. The number of likely N-dealkylation sites (N-methyl/N-ethyl adjacent to an activating group) is 1. The van der Waals surface area contributed by atoms with E-state index in [-0.39, 0.29) is 0 Å². The summed E-state index contributed by atoms with van der Waals surface area (Å²) in [7, 11) is 2.17. The molecule has 3 rings (SSSR count). The number of hydrogen-bond acceptors (Lipinski definition) is 4. The zero-order valence-corrected chi connectivity index (χ0v) is 15.7. The van der Waals surface area contributed by atoms with E-state index in [1.807, 2.05) is 24.3 Å². The quantitative estimate of drug-likeness (QED) is 0.803. The van der Waals surface area contributed by atoms with Gasteiger partial charge >= 0.3 is 0 Å². The van der Waals surface area contributed by atoms with Gasteiger partial charge in [-0.3, -0.25) is 4.90 Å². The second-order valence-electron chi connectivity index (χ2n) is 7.05. The molecule has 0 amide bonds. The molecular weight excluding hydrogens is 322 g/mol. The van der Waals surface area contributed by atoms with Crippen molar-refractivity contribution in [2.24, 2.45) is 0 Å². The molecule has 136 valence electrons. The molecule has 1 fully saturated rings. The Morgan fingerprint density at radius 3 is 2.58 bits per heavy atom. The van der Waals surface area contributed by atoms with Gasteiger partial charge in [-0.05, 0) is 37.2 Å². The highest BCUT2D eigenvalue weighted by atomic mass is 16.5. The molecule has 0 saturated carbocycles. The van der Waals surface area contributed by atoms with Gasteiger partial charge in [0.25, 0.3) is 0 Å². The molecule has 0 bridgehead atoms. The summed E-state index contributed by atoms with van der Waals surface area (Å²) in [5.41, 5.74) is 4.13. The molecule has 4 heteroatoms. The van der Waals surface area contributed by atoms with Gasteiger partial charge in [0.05, 0.1) is 11.6 Å². The summed E-state index contributed by atoms with van der Waals surface area (Å²) in [5.74, 6) is 0.928. The van der Waals surface area contributed by atoms with Crippen molar-refractivity contribution in [1.82, 2.24) is 9.80 Å². The molecule has 0 unspecified atom stereocenters. The number of nitrogens with zero attached hydrogens (tertiary/aromatic N) is 3. The van der Waals surface area contributed by atoms with Crippen molar-refractivity contribution in [1.29, 1.82) is 5.26 Å². The zero-order chi connectivity index (χ0) is 18.4. The van der Waals surface area contributed by atoms with Crippen molar-refractivity contribution in [3.63, 3.8) is 0 Å². The number of ether oxygens (including phenoxy) is 1. The van der Waals surface area contributed by atoms with E-state index in [4.69, 9.17) is 4.74 Å². The van der Waals surface area contributed by atoms with E-state index in [0.29, 0.717) is 6.61 Å². The molecule has 0 atom stereocenters. The van der Waals surface area contributed by atoms with E-state index in [9.17, 15) is 5.26 Å². The summed E-state index contributed by atoms with van der Waals surface area (Å²) in [6, 6.07) is 16.4. The van der Waals surface area contributed by atoms with Crippen molar-refractivity contribution in [2.45, 2.75) is 13.3 Å². The van der Waals surface area contributed by atoms with Crippen LogP contribution in [0, 0.1) is 18.3 Å². The van der Waals surface area contributed by atoms with Crippen LogP contribution >= 0.6 is 0 Å². The van der Waals surface area contributed by atoms with Crippen molar-refractivity contribution in [3.8, 4) is 11.8 Å². The summed E-state index contributed by atoms with van der Waals surface area (Å²) in [5, 5.41) is 9.33. The van der Waals surface area contributed by atoms with E-state index < -0.39 is 0 Å². The molecule has 0 spiro atoms. The van der Waals surface area contributed by atoms with Crippen LogP contribution in [0.1, 0.15) is 22.3 Å². The third kappa shape index (κ3) is 4.85. The predicted octanol–water partition coefficient (Wildman–Crippen LogP) is 3.08. The maximum absolute atomic E-state index is 9.33. The molecule has 0 aromatic heterocycles. The van der Waals surface area contributed by atoms with Gasteiger partial charge in [0, 0.05) is 39.1 Å². The highest BCUT2D eigenvalue weighted by Crippen LogP contribution is 2.24. The molecule has 1 aliphatic heterocycles. The molecule has 1 saturated heterocycles. The number of hydrogen-bond donors (Lipinski definition) is 0. The topological polar surface area (TPSA) is 39.5 Å². The Balaban J connectivity index is 1.65. The number of benzene rings is 2. The number of piperazine rings is 1. The van der Waals surface area contributed by atoms with Crippen LogP contribution in [0.2, 0.25) is 0 Å². The zero-order valence-electron chi connectivity index (χ0n) is 15.7. The Kier molecular flexibility index (Phi) is 6.27. The molecule has 0 N–H and O–H groups in total. The van der Waals surface area contributed by atoms with Crippen LogP contribution in [0.5, 0.6) is 5.75 Å². The molecule has 0 radical (unpaired) electrons. The van der Waals surface area contributed by atoms with E-state index in [1.54, 1.807) is 0 Å². The molecule has 1 heterocycles. The lowest BCUT2D eigenvalue weighted by Crippen LogP contribution is -2.45. The van der Waals surface area contributed by atoms with Crippen LogP contribution in [0.15, 0.2) is 42.5 Å². The fraction of sp³-hybridized carbons (Fsp3) is 0.409. The SMILES string of the molecule is Cc1ccc(OCCN2CCN(C)CC2)c(Cc2ccccc2C#N)c1. The van der Waals surface area contributed by atoms with E-state index in [2.05, 4.69) is 48.0 Å². The van der Waals surface area contributed by atoms with Crippen LogP contribution in [0.4, 0.5) is 0 Å². The Hall–Kier alpha value is -2.35. The highest BCUT2D eigenvalue weighted by molar-refractivity contribution is 5.45. The van der Waals surface area contributed by atoms with Gasteiger partial charge in [0.2, 0.25) is 0 Å². The number of nitriles is 1. The Labute approximate surface area is 156 Å². The van der Waals surface area contributed by atoms with Crippen LogP contribution in [-0.4, -0.2) is 56.2 Å². The minimum Gasteiger partial charge on any atom is -0.492 e. The molecule has 2 aromatic rings. The van der Waals surface area contributed by atoms with Crippen LogP contribution in [-0.2, 0) is 6.42 Å². The second-order valence-corrected chi connectivity index (χ2v) is 7.05. The Bertz CT molecular complexity index is 773. The lowest BCUT2D eigenvalue weighted by Gasteiger charge is -2.32. The van der Waals surface area contributed by atoms with Crippen molar-refractivity contribution >= 4 is 0 Å². The van der Waals surface area contributed by atoms with Gasteiger partial charge in [0.15, 0.2) is 0 Å². The highest BCUT2D eigenvalue weighted by Gasteiger charge is 2.14. The van der Waals surface area contributed by atoms with Crippen LogP contribution in [0.3, 0.4) is 0 Å². The molecule has 0 aliphatic carbocycles. The van der Waals surface area contributed by atoms with Gasteiger partial charge in [-0.2, -0.15) is 5.26 Å². The molecule has 2 aromatic carbocycles. The van der Waals surface area contributed by atoms with E-state index in [1.165, 1.54) is 5.56 Å². The Morgan fingerprint density at radius 2 is 1.81 bits per heavy atom. The minimum absolute atomic E-state index is 0.694. The largest absolute Gasteiger partial charge is 0.492 e. The second kappa shape index (κ2) is 8.84. The lowest BCUT2D eigenvalue weighted by atomic mass is 9.98. The Morgan fingerprint density at radius 1 is 1.04 bits per heavy atom. The first-order valence-corrected chi connectivity index (χ1v) is 9.27. The minimum atomic E-state index is 0.694. The first kappa shape index (κ1) is 18.4. The van der Waals surface area contributed by atoms with Crippen LogP contribution < -0.4 is 4.74 Å². The van der Waals surface area contributed by atoms with Gasteiger partial charge in [0.1, 0.15) is 12.4 Å². The summed E-state index contributed by atoms with van der Waals surface area (Å²) < 4.78 is 6.13.